The first kappa shape index (κ1) is 16.3. The highest BCUT2D eigenvalue weighted by atomic mass is 32.1. The van der Waals surface area contributed by atoms with E-state index in [4.69, 9.17) is 10.2 Å². The van der Waals surface area contributed by atoms with Crippen LogP contribution in [-0.2, 0) is 0 Å². The summed E-state index contributed by atoms with van der Waals surface area (Å²) in [5, 5.41) is 7.80. The van der Waals surface area contributed by atoms with Crippen molar-refractivity contribution >= 4 is 49.8 Å². The van der Waals surface area contributed by atoms with Gasteiger partial charge in [-0.25, -0.2) is 10.4 Å². The lowest BCUT2D eigenvalue weighted by Gasteiger charge is -1.99. The van der Waals surface area contributed by atoms with Crippen LogP contribution in [0.1, 0.15) is 28.0 Å². The lowest BCUT2D eigenvalue weighted by molar-refractivity contribution is 0.0958. The molecular formula is C19H16N4O2S. The van der Waals surface area contributed by atoms with E-state index in [1.165, 1.54) is 0 Å². The highest BCUT2D eigenvalue weighted by Crippen LogP contribution is 2.28. The van der Waals surface area contributed by atoms with Crippen molar-refractivity contribution < 1.29 is 9.21 Å². The van der Waals surface area contributed by atoms with E-state index in [1.54, 1.807) is 13.8 Å². The van der Waals surface area contributed by atoms with Crippen molar-refractivity contribution in [2.24, 2.45) is 5.10 Å². The van der Waals surface area contributed by atoms with Gasteiger partial charge in [-0.05, 0) is 36.8 Å². The molecule has 4 rings (SSSR count). The van der Waals surface area contributed by atoms with Crippen LogP contribution in [0, 0.1) is 6.92 Å². The van der Waals surface area contributed by atoms with Crippen LogP contribution in [0.15, 0.2) is 52.0 Å². The number of hydrazone groups is 1. The van der Waals surface area contributed by atoms with E-state index in [9.17, 15) is 4.79 Å². The molecular weight excluding hydrogens is 348 g/mol. The van der Waals surface area contributed by atoms with Crippen LogP contribution in [0.3, 0.4) is 0 Å². The number of nitrogens with two attached hydrogens (primary N) is 1. The molecule has 2 aromatic heterocycles. The SMILES string of the molecule is CC(=NNC(=O)c1sc(N)nc1C)c1cc2c(ccc3ccccc32)o1. The Morgan fingerprint density at radius 3 is 2.81 bits per heavy atom. The molecule has 0 unspecified atom stereocenters. The van der Waals surface area contributed by atoms with Gasteiger partial charge in [-0.2, -0.15) is 5.10 Å². The number of fused-ring (bicyclic) bond motifs is 3. The Bertz CT molecular complexity index is 1170. The number of thiazole rings is 1. The Labute approximate surface area is 153 Å². The standard InChI is InChI=1S/C19H16N4O2S/c1-10(22-23-18(24)17-11(2)21-19(20)26-17)16-9-14-13-6-4-3-5-12(13)7-8-15(14)25-16/h3-9H,1-2H3,(H2,20,21)(H,23,24). The molecule has 2 heterocycles. The largest absolute Gasteiger partial charge is 0.455 e. The van der Waals surface area contributed by atoms with E-state index in [2.05, 4.69) is 27.6 Å². The van der Waals surface area contributed by atoms with Crippen molar-refractivity contribution in [2.45, 2.75) is 13.8 Å². The van der Waals surface area contributed by atoms with Gasteiger partial charge in [0.1, 0.15) is 16.2 Å². The predicted octanol–water partition coefficient (Wildman–Crippen LogP) is 4.09. The first-order valence-electron chi connectivity index (χ1n) is 8.02. The van der Waals surface area contributed by atoms with Gasteiger partial charge < -0.3 is 10.2 Å². The van der Waals surface area contributed by atoms with E-state index < -0.39 is 0 Å². The number of hydrogen-bond donors (Lipinski definition) is 2. The van der Waals surface area contributed by atoms with Crippen LogP contribution < -0.4 is 11.2 Å². The summed E-state index contributed by atoms with van der Waals surface area (Å²) in [5.41, 5.74) is 10.1. The number of rotatable bonds is 3. The number of carbonyl (C=O) groups excluding carboxylic acids is 1. The number of anilines is 1. The molecule has 6 nitrogen and oxygen atoms in total. The predicted molar refractivity (Wildman–Crippen MR) is 105 cm³/mol. The minimum Gasteiger partial charge on any atom is -0.455 e. The van der Waals surface area contributed by atoms with E-state index in [1.807, 2.05) is 30.3 Å². The zero-order chi connectivity index (χ0) is 18.3. The minimum atomic E-state index is -0.336. The molecule has 4 aromatic rings. The average Bonchev–Trinajstić information content (AvgIpc) is 3.22. The average molecular weight is 364 g/mol. The summed E-state index contributed by atoms with van der Waals surface area (Å²) >= 11 is 1.14. The van der Waals surface area contributed by atoms with Crippen molar-refractivity contribution in [2.75, 3.05) is 5.73 Å². The van der Waals surface area contributed by atoms with E-state index in [0.29, 0.717) is 27.2 Å². The lowest BCUT2D eigenvalue weighted by atomic mass is 10.1. The van der Waals surface area contributed by atoms with E-state index in [0.717, 1.165) is 33.1 Å². The van der Waals surface area contributed by atoms with Crippen LogP contribution in [0.25, 0.3) is 21.7 Å². The number of nitrogens with one attached hydrogen (secondary N) is 1. The number of nitrogen functional groups attached to an aromatic ring is 1. The smallest absolute Gasteiger partial charge is 0.283 e. The van der Waals surface area contributed by atoms with Crippen molar-refractivity contribution in [3.8, 4) is 0 Å². The highest BCUT2D eigenvalue weighted by molar-refractivity contribution is 7.17. The van der Waals surface area contributed by atoms with Crippen molar-refractivity contribution in [3.05, 3.63) is 58.8 Å². The number of benzene rings is 2. The number of hydrogen-bond acceptors (Lipinski definition) is 6. The molecule has 0 saturated heterocycles. The molecule has 0 spiro atoms. The Balaban J connectivity index is 1.64. The van der Waals surface area contributed by atoms with Crippen molar-refractivity contribution in [1.29, 1.82) is 0 Å². The number of furan rings is 1. The van der Waals surface area contributed by atoms with Gasteiger partial charge in [-0.3, -0.25) is 4.79 Å². The molecule has 0 aliphatic rings. The minimum absolute atomic E-state index is 0.336. The summed E-state index contributed by atoms with van der Waals surface area (Å²) in [6, 6.07) is 14.0. The Morgan fingerprint density at radius 2 is 2.04 bits per heavy atom. The van der Waals surface area contributed by atoms with Gasteiger partial charge in [-0.15, -0.1) is 0 Å². The molecule has 7 heteroatoms. The van der Waals surface area contributed by atoms with Gasteiger partial charge in [-0.1, -0.05) is 41.7 Å². The van der Waals surface area contributed by atoms with Crippen LogP contribution >= 0.6 is 11.3 Å². The third-order valence-electron chi connectivity index (χ3n) is 4.13. The molecule has 2 aromatic carbocycles. The van der Waals surface area contributed by atoms with Gasteiger partial charge in [0.05, 0.1) is 5.69 Å². The van der Waals surface area contributed by atoms with Gasteiger partial charge in [0.15, 0.2) is 10.9 Å². The Kier molecular flexibility index (Phi) is 3.93. The molecule has 0 radical (unpaired) electrons. The fourth-order valence-corrected chi connectivity index (χ4v) is 3.56. The molecule has 3 N–H and O–H groups in total. The van der Waals surface area contributed by atoms with Crippen molar-refractivity contribution in [3.63, 3.8) is 0 Å². The molecule has 0 aliphatic carbocycles. The summed E-state index contributed by atoms with van der Waals surface area (Å²) in [6.07, 6.45) is 0. The Hall–Kier alpha value is -3.19. The van der Waals surface area contributed by atoms with E-state index >= 15 is 0 Å². The maximum Gasteiger partial charge on any atom is 0.283 e. The first-order valence-corrected chi connectivity index (χ1v) is 8.84. The topological polar surface area (TPSA) is 93.5 Å². The van der Waals surface area contributed by atoms with Crippen LogP contribution in [0.5, 0.6) is 0 Å². The van der Waals surface area contributed by atoms with Crippen LogP contribution in [0.2, 0.25) is 0 Å². The Morgan fingerprint density at radius 1 is 1.23 bits per heavy atom. The summed E-state index contributed by atoms with van der Waals surface area (Å²) in [4.78, 5) is 16.7. The quantitative estimate of drug-likeness (QED) is 0.423. The number of nitrogens with zero attached hydrogens (tertiary/aromatic N) is 2. The van der Waals surface area contributed by atoms with Gasteiger partial charge in [0.25, 0.3) is 5.91 Å². The van der Waals surface area contributed by atoms with Crippen LogP contribution in [-0.4, -0.2) is 16.6 Å². The van der Waals surface area contributed by atoms with Gasteiger partial charge in [0, 0.05) is 5.39 Å². The zero-order valence-electron chi connectivity index (χ0n) is 14.2. The summed E-state index contributed by atoms with van der Waals surface area (Å²) in [5.74, 6) is 0.273. The second-order valence-electron chi connectivity index (χ2n) is 5.91. The molecule has 0 aliphatic heterocycles. The molecule has 0 atom stereocenters. The number of aryl methyl sites for hydroxylation is 1. The summed E-state index contributed by atoms with van der Waals surface area (Å²) < 4.78 is 5.89. The lowest BCUT2D eigenvalue weighted by Crippen LogP contribution is -2.19. The first-order chi connectivity index (χ1) is 12.5. The normalized spacial score (nSPS) is 12.0. The summed E-state index contributed by atoms with van der Waals surface area (Å²) in [6.45, 7) is 3.52. The number of aromatic nitrogens is 1. The number of amides is 1. The van der Waals surface area contributed by atoms with Gasteiger partial charge in [0.2, 0.25) is 0 Å². The van der Waals surface area contributed by atoms with E-state index in [-0.39, 0.29) is 5.91 Å². The molecule has 1 amide bonds. The molecule has 0 bridgehead atoms. The molecule has 130 valence electrons. The maximum absolute atomic E-state index is 12.2. The number of carbonyl (C=O) groups is 1. The maximum atomic E-state index is 12.2. The van der Waals surface area contributed by atoms with Gasteiger partial charge >= 0.3 is 0 Å². The third kappa shape index (κ3) is 2.82. The fourth-order valence-electron chi connectivity index (χ4n) is 2.84. The third-order valence-corrected chi connectivity index (χ3v) is 5.11. The molecule has 0 saturated carbocycles. The summed E-state index contributed by atoms with van der Waals surface area (Å²) in [7, 11) is 0. The van der Waals surface area contributed by atoms with Crippen molar-refractivity contribution in [1.82, 2.24) is 10.4 Å². The zero-order valence-corrected chi connectivity index (χ0v) is 15.1. The highest BCUT2D eigenvalue weighted by Gasteiger charge is 2.14. The second-order valence-corrected chi connectivity index (χ2v) is 6.94. The fraction of sp³-hybridized carbons (Fsp3) is 0.105. The van der Waals surface area contributed by atoms with Crippen LogP contribution in [0.4, 0.5) is 5.13 Å². The monoisotopic (exact) mass is 364 g/mol. The molecule has 26 heavy (non-hydrogen) atoms. The second kappa shape index (κ2) is 6.27. The molecule has 0 fully saturated rings.